The highest BCUT2D eigenvalue weighted by Gasteiger charge is 2.17. The number of thioether (sulfide) groups is 1. The summed E-state index contributed by atoms with van der Waals surface area (Å²) in [7, 11) is 0. The summed E-state index contributed by atoms with van der Waals surface area (Å²) in [5.74, 6) is 0.980. The molecule has 1 amide bonds. The van der Waals surface area contributed by atoms with Crippen molar-refractivity contribution in [2.24, 2.45) is 0 Å². The molecule has 1 aromatic heterocycles. The maximum atomic E-state index is 12.6. The number of pyridine rings is 1. The molecule has 28 heavy (non-hydrogen) atoms. The minimum Gasteiger partial charge on any atom is -0.354 e. The van der Waals surface area contributed by atoms with Gasteiger partial charge in [-0.25, -0.2) is 4.98 Å². The van der Waals surface area contributed by atoms with Gasteiger partial charge >= 0.3 is 0 Å². The molecule has 1 fully saturated rings. The quantitative estimate of drug-likeness (QED) is 0.722. The van der Waals surface area contributed by atoms with Crippen LogP contribution in [0.2, 0.25) is 0 Å². The van der Waals surface area contributed by atoms with Gasteiger partial charge in [-0.15, -0.1) is 11.8 Å². The smallest absolute Gasteiger partial charge is 0.252 e. The van der Waals surface area contributed by atoms with Gasteiger partial charge in [-0.05, 0) is 30.3 Å². The average Bonchev–Trinajstić information content (AvgIpc) is 2.72. The van der Waals surface area contributed by atoms with Crippen LogP contribution in [0.4, 0.5) is 5.82 Å². The summed E-state index contributed by atoms with van der Waals surface area (Å²) in [4.78, 5) is 23.1. The van der Waals surface area contributed by atoms with Crippen molar-refractivity contribution in [3.05, 3.63) is 53.7 Å². The summed E-state index contributed by atoms with van der Waals surface area (Å²) in [5.41, 5.74) is 1.75. The maximum absolute atomic E-state index is 12.6. The number of amides is 1. The number of nitrogens with zero attached hydrogens (tertiary/aromatic N) is 3. The summed E-state index contributed by atoms with van der Waals surface area (Å²) in [6, 6.07) is 11.9. The van der Waals surface area contributed by atoms with Gasteiger partial charge in [0.2, 0.25) is 0 Å². The van der Waals surface area contributed by atoms with Crippen LogP contribution in [0.1, 0.15) is 36.7 Å². The number of likely N-dealkylation sites (N-methyl/N-ethyl adjacent to an activating group) is 1. The van der Waals surface area contributed by atoms with E-state index >= 15 is 0 Å². The SMILES string of the molecule is CCN1CCN(c2ccc(CNC(=O)c3ccccc3SC(C)C)cn2)CC1. The molecule has 0 radical (unpaired) electrons. The lowest BCUT2D eigenvalue weighted by Gasteiger charge is -2.34. The van der Waals surface area contributed by atoms with E-state index in [0.29, 0.717) is 11.8 Å². The van der Waals surface area contributed by atoms with E-state index in [9.17, 15) is 4.79 Å². The van der Waals surface area contributed by atoms with E-state index < -0.39 is 0 Å². The highest BCUT2D eigenvalue weighted by atomic mass is 32.2. The van der Waals surface area contributed by atoms with E-state index in [0.717, 1.165) is 54.6 Å². The first kappa shape index (κ1) is 20.7. The summed E-state index contributed by atoms with van der Waals surface area (Å²) >= 11 is 1.71. The number of piperazine rings is 1. The molecular weight excluding hydrogens is 368 g/mol. The van der Waals surface area contributed by atoms with Crippen molar-refractivity contribution >= 4 is 23.5 Å². The molecule has 0 saturated carbocycles. The summed E-state index contributed by atoms with van der Waals surface area (Å²) in [6.07, 6.45) is 1.87. The molecule has 0 atom stereocenters. The Morgan fingerprint density at radius 3 is 2.54 bits per heavy atom. The molecule has 1 aliphatic rings. The number of carbonyl (C=O) groups is 1. The lowest BCUT2D eigenvalue weighted by atomic mass is 10.2. The molecule has 0 bridgehead atoms. The normalized spacial score (nSPS) is 15.1. The van der Waals surface area contributed by atoms with Gasteiger partial charge in [0.05, 0.1) is 5.56 Å². The van der Waals surface area contributed by atoms with E-state index in [-0.39, 0.29) is 5.91 Å². The minimum atomic E-state index is -0.0384. The largest absolute Gasteiger partial charge is 0.354 e. The molecular formula is C22H30N4OS. The van der Waals surface area contributed by atoms with Crippen LogP contribution in [0.5, 0.6) is 0 Å². The molecule has 3 rings (SSSR count). The van der Waals surface area contributed by atoms with Crippen LogP contribution in [0, 0.1) is 0 Å². The van der Waals surface area contributed by atoms with Crippen LogP contribution >= 0.6 is 11.8 Å². The van der Waals surface area contributed by atoms with Gasteiger partial charge in [0.25, 0.3) is 5.91 Å². The highest BCUT2D eigenvalue weighted by Crippen LogP contribution is 2.26. The lowest BCUT2D eigenvalue weighted by Crippen LogP contribution is -2.46. The number of nitrogens with one attached hydrogen (secondary N) is 1. The molecule has 150 valence electrons. The van der Waals surface area contributed by atoms with Crippen molar-refractivity contribution in [1.29, 1.82) is 0 Å². The second kappa shape index (κ2) is 9.94. The Bertz CT molecular complexity index is 770. The van der Waals surface area contributed by atoms with Gasteiger partial charge in [-0.2, -0.15) is 0 Å². The van der Waals surface area contributed by atoms with Crippen LogP contribution < -0.4 is 10.2 Å². The summed E-state index contributed by atoms with van der Waals surface area (Å²) < 4.78 is 0. The standard InChI is InChI=1S/C22H30N4OS/c1-4-25-11-13-26(14-12-25)21-10-9-18(15-23-21)16-24-22(27)19-7-5-6-8-20(19)28-17(2)3/h5-10,15,17H,4,11-14,16H2,1-3H3,(H,24,27). The molecule has 5 nitrogen and oxygen atoms in total. The van der Waals surface area contributed by atoms with Crippen molar-refractivity contribution < 1.29 is 4.79 Å². The van der Waals surface area contributed by atoms with Crippen LogP contribution in [0.3, 0.4) is 0 Å². The Labute approximate surface area is 172 Å². The maximum Gasteiger partial charge on any atom is 0.252 e. The second-order valence-electron chi connectivity index (χ2n) is 7.29. The van der Waals surface area contributed by atoms with E-state index in [1.807, 2.05) is 30.5 Å². The zero-order valence-corrected chi connectivity index (χ0v) is 17.8. The van der Waals surface area contributed by atoms with Crippen LogP contribution in [0.15, 0.2) is 47.5 Å². The highest BCUT2D eigenvalue weighted by molar-refractivity contribution is 8.00. The van der Waals surface area contributed by atoms with Crippen molar-refractivity contribution in [2.75, 3.05) is 37.6 Å². The number of rotatable bonds is 7. The fourth-order valence-electron chi connectivity index (χ4n) is 3.29. The van der Waals surface area contributed by atoms with Gasteiger partial charge in [0.15, 0.2) is 0 Å². The first-order valence-electron chi connectivity index (χ1n) is 10.0. The van der Waals surface area contributed by atoms with Gasteiger partial charge in [0.1, 0.15) is 5.82 Å². The Balaban J connectivity index is 1.56. The Morgan fingerprint density at radius 2 is 1.89 bits per heavy atom. The molecule has 1 aliphatic heterocycles. The number of hydrogen-bond acceptors (Lipinski definition) is 5. The third kappa shape index (κ3) is 5.49. The zero-order valence-electron chi connectivity index (χ0n) is 17.0. The predicted octanol–water partition coefficient (Wildman–Crippen LogP) is 3.65. The van der Waals surface area contributed by atoms with Crippen LogP contribution in [0.25, 0.3) is 0 Å². The monoisotopic (exact) mass is 398 g/mol. The van der Waals surface area contributed by atoms with Gasteiger partial charge in [-0.1, -0.05) is 39.0 Å². The van der Waals surface area contributed by atoms with Gasteiger partial charge < -0.3 is 15.1 Å². The minimum absolute atomic E-state index is 0.0384. The van der Waals surface area contributed by atoms with Crippen LogP contribution in [-0.4, -0.2) is 53.8 Å². The Kier molecular flexibility index (Phi) is 7.34. The van der Waals surface area contributed by atoms with Crippen LogP contribution in [-0.2, 0) is 6.54 Å². The molecule has 1 aromatic carbocycles. The predicted molar refractivity (Wildman–Crippen MR) is 117 cm³/mol. The van der Waals surface area contributed by atoms with E-state index in [4.69, 9.17) is 0 Å². The second-order valence-corrected chi connectivity index (χ2v) is 8.91. The van der Waals surface area contributed by atoms with Crippen molar-refractivity contribution in [3.63, 3.8) is 0 Å². The van der Waals surface area contributed by atoms with E-state index in [2.05, 4.69) is 53.0 Å². The number of aromatic nitrogens is 1. The first-order valence-corrected chi connectivity index (χ1v) is 10.9. The van der Waals surface area contributed by atoms with E-state index in [1.165, 1.54) is 0 Å². The first-order chi connectivity index (χ1) is 13.6. The number of anilines is 1. The molecule has 0 aliphatic carbocycles. The zero-order chi connectivity index (χ0) is 19.9. The Hall–Kier alpha value is -2.05. The average molecular weight is 399 g/mol. The summed E-state index contributed by atoms with van der Waals surface area (Å²) in [6.45, 7) is 12.3. The number of hydrogen-bond donors (Lipinski definition) is 1. The van der Waals surface area contributed by atoms with Gasteiger partial charge in [0, 0.05) is 49.1 Å². The third-order valence-electron chi connectivity index (χ3n) is 4.90. The fourth-order valence-corrected chi connectivity index (χ4v) is 4.24. The molecule has 6 heteroatoms. The van der Waals surface area contributed by atoms with Crippen molar-refractivity contribution in [3.8, 4) is 0 Å². The molecule has 0 spiro atoms. The molecule has 0 unspecified atom stereocenters. The molecule has 1 saturated heterocycles. The number of benzene rings is 1. The Morgan fingerprint density at radius 1 is 1.14 bits per heavy atom. The molecule has 2 heterocycles. The molecule has 1 N–H and O–H groups in total. The van der Waals surface area contributed by atoms with E-state index in [1.54, 1.807) is 11.8 Å². The molecule has 2 aromatic rings. The summed E-state index contributed by atoms with van der Waals surface area (Å²) in [5, 5.41) is 3.46. The topological polar surface area (TPSA) is 48.5 Å². The van der Waals surface area contributed by atoms with Gasteiger partial charge in [-0.3, -0.25) is 4.79 Å². The van der Waals surface area contributed by atoms with Crippen molar-refractivity contribution in [1.82, 2.24) is 15.2 Å². The third-order valence-corrected chi connectivity index (χ3v) is 5.98. The number of carbonyl (C=O) groups excluding carboxylic acids is 1. The lowest BCUT2D eigenvalue weighted by molar-refractivity contribution is 0.0948. The fraction of sp³-hybridized carbons (Fsp3) is 0.455. The van der Waals surface area contributed by atoms with Crippen molar-refractivity contribution in [2.45, 2.75) is 37.5 Å².